The van der Waals surface area contributed by atoms with E-state index < -0.39 is 0 Å². The van der Waals surface area contributed by atoms with Gasteiger partial charge in [0.2, 0.25) is 0 Å². The fourth-order valence-corrected chi connectivity index (χ4v) is 2.91. The summed E-state index contributed by atoms with van der Waals surface area (Å²) < 4.78 is 23.7. The van der Waals surface area contributed by atoms with Gasteiger partial charge in [-0.1, -0.05) is 28.1 Å². The smallest absolute Gasteiger partial charge is 0.161 e. The molecular formula is C16H16BrFO2. The molecule has 0 saturated carbocycles. The van der Waals surface area contributed by atoms with Crippen molar-refractivity contribution in [3.63, 3.8) is 0 Å². The number of aryl methyl sites for hydroxylation is 1. The van der Waals surface area contributed by atoms with Crippen molar-refractivity contribution in [2.45, 2.75) is 11.8 Å². The molecule has 0 heterocycles. The molecule has 0 saturated heterocycles. The predicted molar refractivity (Wildman–Crippen MR) is 81.5 cm³/mol. The third-order valence-electron chi connectivity index (χ3n) is 3.21. The molecule has 1 atom stereocenters. The van der Waals surface area contributed by atoms with Gasteiger partial charge in [0.1, 0.15) is 5.82 Å². The van der Waals surface area contributed by atoms with Crippen LogP contribution in [-0.2, 0) is 0 Å². The first-order chi connectivity index (χ1) is 9.56. The van der Waals surface area contributed by atoms with Gasteiger partial charge in [-0.25, -0.2) is 4.39 Å². The Morgan fingerprint density at radius 1 is 1.00 bits per heavy atom. The Bertz CT molecular complexity index is 613. The molecule has 106 valence electrons. The summed E-state index contributed by atoms with van der Waals surface area (Å²) in [4.78, 5) is -0.0251. The predicted octanol–water partition coefficient (Wildman–Crippen LogP) is 4.64. The van der Waals surface area contributed by atoms with Crippen LogP contribution in [0.25, 0.3) is 0 Å². The van der Waals surface area contributed by atoms with Crippen LogP contribution in [0, 0.1) is 12.7 Å². The van der Waals surface area contributed by atoms with Gasteiger partial charge < -0.3 is 9.47 Å². The summed E-state index contributed by atoms with van der Waals surface area (Å²) in [5, 5.41) is 0. The number of halogens is 2. The third kappa shape index (κ3) is 2.96. The Hall–Kier alpha value is -1.55. The fourth-order valence-electron chi connectivity index (χ4n) is 2.11. The lowest BCUT2D eigenvalue weighted by Gasteiger charge is -2.16. The van der Waals surface area contributed by atoms with E-state index >= 15 is 0 Å². The molecule has 0 aliphatic rings. The van der Waals surface area contributed by atoms with Gasteiger partial charge >= 0.3 is 0 Å². The highest BCUT2D eigenvalue weighted by Crippen LogP contribution is 2.37. The lowest BCUT2D eigenvalue weighted by Crippen LogP contribution is -1.98. The zero-order valence-electron chi connectivity index (χ0n) is 11.6. The summed E-state index contributed by atoms with van der Waals surface area (Å²) in [6.07, 6.45) is 0. The van der Waals surface area contributed by atoms with Crippen LogP contribution in [0.4, 0.5) is 4.39 Å². The molecular weight excluding hydrogens is 323 g/mol. The summed E-state index contributed by atoms with van der Waals surface area (Å²) in [6.45, 7) is 1.90. The Morgan fingerprint density at radius 3 is 2.30 bits per heavy atom. The second kappa shape index (κ2) is 6.27. The minimum absolute atomic E-state index is 0.0251. The number of hydrogen-bond acceptors (Lipinski definition) is 2. The van der Waals surface area contributed by atoms with Crippen molar-refractivity contribution >= 4 is 15.9 Å². The van der Waals surface area contributed by atoms with Gasteiger partial charge in [-0.3, -0.25) is 0 Å². The van der Waals surface area contributed by atoms with E-state index in [0.29, 0.717) is 11.5 Å². The molecule has 0 aromatic heterocycles. The first-order valence-electron chi connectivity index (χ1n) is 6.19. The van der Waals surface area contributed by atoms with E-state index in [-0.39, 0.29) is 10.6 Å². The van der Waals surface area contributed by atoms with E-state index in [1.54, 1.807) is 20.3 Å². The van der Waals surface area contributed by atoms with Crippen LogP contribution in [0.1, 0.15) is 21.5 Å². The molecule has 0 aliphatic carbocycles. The molecule has 1 unspecified atom stereocenters. The minimum atomic E-state index is -0.224. The van der Waals surface area contributed by atoms with Crippen molar-refractivity contribution in [2.24, 2.45) is 0 Å². The number of hydrogen-bond donors (Lipinski definition) is 0. The second-order valence-corrected chi connectivity index (χ2v) is 5.39. The average molecular weight is 339 g/mol. The summed E-state index contributed by atoms with van der Waals surface area (Å²) in [7, 11) is 3.21. The summed E-state index contributed by atoms with van der Waals surface area (Å²) in [6, 6.07) is 10.5. The van der Waals surface area contributed by atoms with Crippen LogP contribution in [-0.4, -0.2) is 14.2 Å². The van der Waals surface area contributed by atoms with E-state index in [1.807, 2.05) is 25.1 Å². The zero-order valence-corrected chi connectivity index (χ0v) is 13.2. The molecule has 2 nitrogen and oxygen atoms in total. The molecule has 4 heteroatoms. The molecule has 20 heavy (non-hydrogen) atoms. The van der Waals surface area contributed by atoms with Gasteiger partial charge in [-0.15, -0.1) is 0 Å². The number of rotatable bonds is 4. The van der Waals surface area contributed by atoms with Gasteiger partial charge in [0, 0.05) is 0 Å². The molecule has 0 amide bonds. The van der Waals surface area contributed by atoms with Crippen LogP contribution in [0.3, 0.4) is 0 Å². The molecule has 0 fully saturated rings. The molecule has 0 radical (unpaired) electrons. The van der Waals surface area contributed by atoms with Crippen molar-refractivity contribution in [3.05, 3.63) is 58.9 Å². The van der Waals surface area contributed by atoms with Crippen molar-refractivity contribution in [2.75, 3.05) is 14.2 Å². The molecule has 2 aromatic rings. The van der Waals surface area contributed by atoms with Gasteiger partial charge in [0.25, 0.3) is 0 Å². The molecule has 0 bridgehead atoms. The van der Waals surface area contributed by atoms with E-state index in [4.69, 9.17) is 9.47 Å². The number of ether oxygens (including phenoxy) is 2. The van der Waals surface area contributed by atoms with Crippen molar-refractivity contribution in [1.82, 2.24) is 0 Å². The van der Waals surface area contributed by atoms with E-state index in [1.165, 1.54) is 12.1 Å². The van der Waals surface area contributed by atoms with E-state index in [0.717, 1.165) is 16.7 Å². The summed E-state index contributed by atoms with van der Waals surface area (Å²) in [5.41, 5.74) is 2.96. The van der Waals surface area contributed by atoms with Crippen LogP contribution < -0.4 is 9.47 Å². The van der Waals surface area contributed by atoms with Crippen molar-refractivity contribution in [3.8, 4) is 11.5 Å². The Kier molecular flexibility index (Phi) is 4.65. The number of alkyl halides is 1. The lowest BCUT2D eigenvalue weighted by molar-refractivity contribution is 0.354. The molecule has 0 aliphatic heterocycles. The zero-order chi connectivity index (χ0) is 14.7. The van der Waals surface area contributed by atoms with Gasteiger partial charge in [0.15, 0.2) is 11.5 Å². The highest BCUT2D eigenvalue weighted by atomic mass is 79.9. The number of benzene rings is 2. The standard InChI is InChI=1S/C16H16BrFO2/c1-10-8-12(18)5-6-13(10)16(17)11-4-7-14(19-2)15(9-11)20-3/h4-9,16H,1-3H3. The van der Waals surface area contributed by atoms with E-state index in [2.05, 4.69) is 15.9 Å². The summed E-state index contributed by atoms with van der Waals surface area (Å²) >= 11 is 3.66. The lowest BCUT2D eigenvalue weighted by atomic mass is 10.00. The Balaban J connectivity index is 2.40. The van der Waals surface area contributed by atoms with Gasteiger partial charge in [-0.2, -0.15) is 0 Å². The van der Waals surface area contributed by atoms with Crippen molar-refractivity contribution in [1.29, 1.82) is 0 Å². The fraction of sp³-hybridized carbons (Fsp3) is 0.250. The Morgan fingerprint density at radius 2 is 1.70 bits per heavy atom. The Labute approximate surface area is 126 Å². The maximum atomic E-state index is 13.2. The van der Waals surface area contributed by atoms with Crippen LogP contribution in [0.5, 0.6) is 11.5 Å². The second-order valence-electron chi connectivity index (χ2n) is 4.48. The van der Waals surface area contributed by atoms with Crippen LogP contribution in [0.15, 0.2) is 36.4 Å². The first kappa shape index (κ1) is 14.9. The monoisotopic (exact) mass is 338 g/mol. The highest BCUT2D eigenvalue weighted by molar-refractivity contribution is 9.09. The maximum Gasteiger partial charge on any atom is 0.161 e. The quantitative estimate of drug-likeness (QED) is 0.756. The van der Waals surface area contributed by atoms with Crippen molar-refractivity contribution < 1.29 is 13.9 Å². The normalized spacial score (nSPS) is 12.1. The van der Waals surface area contributed by atoms with Gasteiger partial charge in [0.05, 0.1) is 19.0 Å². The van der Waals surface area contributed by atoms with Gasteiger partial charge in [-0.05, 0) is 47.9 Å². The SMILES string of the molecule is COc1ccc(C(Br)c2ccc(F)cc2C)cc1OC. The number of methoxy groups -OCH3 is 2. The first-order valence-corrected chi connectivity index (χ1v) is 7.10. The molecule has 2 aromatic carbocycles. The third-order valence-corrected chi connectivity index (χ3v) is 4.23. The molecule has 2 rings (SSSR count). The largest absolute Gasteiger partial charge is 0.493 e. The minimum Gasteiger partial charge on any atom is -0.493 e. The van der Waals surface area contributed by atoms with Crippen LogP contribution in [0.2, 0.25) is 0 Å². The summed E-state index contributed by atoms with van der Waals surface area (Å²) in [5.74, 6) is 1.14. The topological polar surface area (TPSA) is 18.5 Å². The van der Waals surface area contributed by atoms with E-state index in [9.17, 15) is 4.39 Å². The van der Waals surface area contributed by atoms with Crippen LogP contribution >= 0.6 is 15.9 Å². The average Bonchev–Trinajstić information content (AvgIpc) is 2.45. The molecule has 0 spiro atoms. The highest BCUT2D eigenvalue weighted by Gasteiger charge is 2.15. The molecule has 0 N–H and O–H groups in total. The maximum absolute atomic E-state index is 13.2.